The number of carbonyl (C=O) groups is 1. The monoisotopic (exact) mass is 184 g/mol. The molecule has 0 heterocycles. The number of hydrogen-bond donors (Lipinski definition) is 1. The highest BCUT2D eigenvalue weighted by Crippen LogP contribution is 2.31. The Bertz CT molecular complexity index is 176. The third-order valence-corrected chi connectivity index (χ3v) is 2.44. The third kappa shape index (κ3) is 2.99. The second-order valence-corrected chi connectivity index (χ2v) is 4.00. The van der Waals surface area contributed by atoms with Gasteiger partial charge in [0.15, 0.2) is 0 Å². The molecular formula is C10H20N2O. The lowest BCUT2D eigenvalue weighted by molar-refractivity contribution is -0.134. The molecule has 1 aliphatic rings. The molecule has 0 radical (unpaired) electrons. The van der Waals surface area contributed by atoms with Crippen LogP contribution < -0.4 is 5.32 Å². The highest BCUT2D eigenvalue weighted by atomic mass is 16.2. The first kappa shape index (κ1) is 10.5. The Balaban J connectivity index is 2.40. The summed E-state index contributed by atoms with van der Waals surface area (Å²) in [6.45, 7) is 5.88. The summed E-state index contributed by atoms with van der Waals surface area (Å²) in [5.74, 6) is 0.699. The molecule has 76 valence electrons. The summed E-state index contributed by atoms with van der Waals surface area (Å²) < 4.78 is 0. The summed E-state index contributed by atoms with van der Waals surface area (Å²) in [4.78, 5) is 13.7. The van der Waals surface area contributed by atoms with Gasteiger partial charge in [0.2, 0.25) is 5.91 Å². The molecule has 1 aliphatic carbocycles. The van der Waals surface area contributed by atoms with E-state index in [0.29, 0.717) is 17.9 Å². The molecular weight excluding hydrogens is 164 g/mol. The fraction of sp³-hybridized carbons (Fsp3) is 0.900. The molecule has 1 saturated carbocycles. The summed E-state index contributed by atoms with van der Waals surface area (Å²) in [5, 5.41) is 3.07. The van der Waals surface area contributed by atoms with Crippen LogP contribution in [-0.4, -0.2) is 37.0 Å². The van der Waals surface area contributed by atoms with Crippen LogP contribution in [0.5, 0.6) is 0 Å². The molecule has 0 aromatic rings. The van der Waals surface area contributed by atoms with Crippen molar-refractivity contribution in [2.45, 2.75) is 32.7 Å². The van der Waals surface area contributed by atoms with E-state index in [9.17, 15) is 4.79 Å². The van der Waals surface area contributed by atoms with E-state index >= 15 is 0 Å². The maximum absolute atomic E-state index is 11.8. The first-order valence-electron chi connectivity index (χ1n) is 5.12. The van der Waals surface area contributed by atoms with Crippen LogP contribution in [0.2, 0.25) is 0 Å². The number of hydrogen-bond acceptors (Lipinski definition) is 2. The summed E-state index contributed by atoms with van der Waals surface area (Å²) in [6, 6.07) is 0.335. The second-order valence-electron chi connectivity index (χ2n) is 4.00. The molecule has 3 nitrogen and oxygen atoms in total. The van der Waals surface area contributed by atoms with Crippen LogP contribution in [-0.2, 0) is 4.79 Å². The normalized spacial score (nSPS) is 16.3. The van der Waals surface area contributed by atoms with Crippen molar-refractivity contribution in [1.29, 1.82) is 0 Å². The van der Waals surface area contributed by atoms with E-state index < -0.39 is 0 Å². The van der Waals surface area contributed by atoms with Gasteiger partial charge < -0.3 is 10.2 Å². The Morgan fingerprint density at radius 1 is 1.54 bits per heavy atom. The van der Waals surface area contributed by atoms with Gasteiger partial charge in [0.05, 0.1) is 0 Å². The zero-order valence-electron chi connectivity index (χ0n) is 8.84. The minimum Gasteiger partial charge on any atom is -0.339 e. The van der Waals surface area contributed by atoms with Crippen molar-refractivity contribution in [1.82, 2.24) is 10.2 Å². The molecule has 0 bridgehead atoms. The zero-order chi connectivity index (χ0) is 9.84. The average Bonchev–Trinajstić information content (AvgIpc) is 2.86. The van der Waals surface area contributed by atoms with Gasteiger partial charge in [0, 0.05) is 25.0 Å². The number of carbonyl (C=O) groups excluding carboxylic acids is 1. The minimum atomic E-state index is 0.335. The maximum Gasteiger partial charge on any atom is 0.225 e. The van der Waals surface area contributed by atoms with Crippen molar-refractivity contribution < 1.29 is 4.79 Å². The fourth-order valence-electron chi connectivity index (χ4n) is 1.42. The summed E-state index contributed by atoms with van der Waals surface area (Å²) in [6.07, 6.45) is 2.20. The van der Waals surface area contributed by atoms with E-state index in [0.717, 1.165) is 25.9 Å². The molecule has 0 aromatic carbocycles. The maximum atomic E-state index is 11.8. The molecule has 3 heteroatoms. The number of rotatable bonds is 5. The fourth-order valence-corrected chi connectivity index (χ4v) is 1.42. The van der Waals surface area contributed by atoms with Gasteiger partial charge in [-0.05, 0) is 33.7 Å². The second kappa shape index (κ2) is 4.61. The van der Waals surface area contributed by atoms with Crippen LogP contribution >= 0.6 is 0 Å². The molecule has 0 unspecified atom stereocenters. The Labute approximate surface area is 80.5 Å². The van der Waals surface area contributed by atoms with Crippen LogP contribution in [0.1, 0.15) is 26.7 Å². The number of amides is 1. The standard InChI is InChI=1S/C10H20N2O/c1-8(2)12(7-6-11-3)10(13)9-4-5-9/h8-9,11H,4-7H2,1-3H3. The smallest absolute Gasteiger partial charge is 0.225 e. The molecule has 13 heavy (non-hydrogen) atoms. The third-order valence-electron chi connectivity index (χ3n) is 2.44. The van der Waals surface area contributed by atoms with Gasteiger partial charge in [0.25, 0.3) is 0 Å². The van der Waals surface area contributed by atoms with E-state index in [4.69, 9.17) is 0 Å². The lowest BCUT2D eigenvalue weighted by Gasteiger charge is -2.26. The molecule has 0 aromatic heterocycles. The van der Waals surface area contributed by atoms with E-state index in [1.807, 2.05) is 11.9 Å². The molecule has 0 atom stereocenters. The Kier molecular flexibility index (Phi) is 3.72. The lowest BCUT2D eigenvalue weighted by Crippen LogP contribution is -2.41. The van der Waals surface area contributed by atoms with Crippen LogP contribution in [0.25, 0.3) is 0 Å². The van der Waals surface area contributed by atoms with Gasteiger partial charge in [-0.2, -0.15) is 0 Å². The minimum absolute atomic E-state index is 0.335. The Morgan fingerprint density at radius 2 is 2.15 bits per heavy atom. The van der Waals surface area contributed by atoms with Crippen LogP contribution in [0.3, 0.4) is 0 Å². The van der Waals surface area contributed by atoms with E-state index in [1.54, 1.807) is 0 Å². The van der Waals surface area contributed by atoms with Gasteiger partial charge in [-0.15, -0.1) is 0 Å². The van der Waals surface area contributed by atoms with Gasteiger partial charge in [-0.1, -0.05) is 0 Å². The van der Waals surface area contributed by atoms with Gasteiger partial charge in [-0.3, -0.25) is 4.79 Å². The molecule has 0 aliphatic heterocycles. The number of likely N-dealkylation sites (N-methyl/N-ethyl adjacent to an activating group) is 1. The number of nitrogens with one attached hydrogen (secondary N) is 1. The van der Waals surface area contributed by atoms with E-state index in [-0.39, 0.29) is 0 Å². The average molecular weight is 184 g/mol. The van der Waals surface area contributed by atoms with E-state index in [2.05, 4.69) is 19.2 Å². The molecule has 0 saturated heterocycles. The van der Waals surface area contributed by atoms with Crippen LogP contribution in [0.4, 0.5) is 0 Å². The first-order valence-corrected chi connectivity index (χ1v) is 5.12. The van der Waals surface area contributed by atoms with Crippen molar-refractivity contribution in [2.75, 3.05) is 20.1 Å². The topological polar surface area (TPSA) is 32.3 Å². The molecule has 1 N–H and O–H groups in total. The molecule has 1 rings (SSSR count). The van der Waals surface area contributed by atoms with Crippen LogP contribution in [0, 0.1) is 5.92 Å². The summed E-state index contributed by atoms with van der Waals surface area (Å²) >= 11 is 0. The summed E-state index contributed by atoms with van der Waals surface area (Å²) in [7, 11) is 1.92. The van der Waals surface area contributed by atoms with Crippen molar-refractivity contribution in [3.8, 4) is 0 Å². The molecule has 1 fully saturated rings. The van der Waals surface area contributed by atoms with Gasteiger partial charge in [-0.25, -0.2) is 0 Å². The molecule has 0 spiro atoms. The predicted molar refractivity (Wildman–Crippen MR) is 53.5 cm³/mol. The Hall–Kier alpha value is -0.570. The van der Waals surface area contributed by atoms with Gasteiger partial charge >= 0.3 is 0 Å². The van der Waals surface area contributed by atoms with Crippen molar-refractivity contribution in [3.63, 3.8) is 0 Å². The SMILES string of the molecule is CNCCN(C(=O)C1CC1)C(C)C. The van der Waals surface area contributed by atoms with Crippen molar-refractivity contribution in [2.24, 2.45) is 5.92 Å². The van der Waals surface area contributed by atoms with Crippen LogP contribution in [0.15, 0.2) is 0 Å². The lowest BCUT2D eigenvalue weighted by atomic mass is 10.2. The predicted octanol–water partition coefficient (Wildman–Crippen LogP) is 0.853. The Morgan fingerprint density at radius 3 is 2.54 bits per heavy atom. The van der Waals surface area contributed by atoms with E-state index in [1.165, 1.54) is 0 Å². The molecule has 1 amide bonds. The highest BCUT2D eigenvalue weighted by Gasteiger charge is 2.33. The van der Waals surface area contributed by atoms with Crippen molar-refractivity contribution >= 4 is 5.91 Å². The number of nitrogens with zero attached hydrogens (tertiary/aromatic N) is 1. The first-order chi connectivity index (χ1) is 6.16. The quantitative estimate of drug-likeness (QED) is 0.687. The van der Waals surface area contributed by atoms with Gasteiger partial charge in [0.1, 0.15) is 0 Å². The largest absolute Gasteiger partial charge is 0.339 e. The highest BCUT2D eigenvalue weighted by molar-refractivity contribution is 5.81. The van der Waals surface area contributed by atoms with Crippen molar-refractivity contribution in [3.05, 3.63) is 0 Å². The summed E-state index contributed by atoms with van der Waals surface area (Å²) in [5.41, 5.74) is 0. The zero-order valence-corrected chi connectivity index (χ0v) is 8.84.